The van der Waals surface area contributed by atoms with Crippen molar-refractivity contribution in [1.82, 2.24) is 9.97 Å². The minimum absolute atomic E-state index is 0. The first kappa shape index (κ1) is 18.5. The SMILES string of the molecule is COc1ccc(-c2cc(Nc3cc(C)ccc3O)nc(C)n2)cc1.Cl. The van der Waals surface area contributed by atoms with E-state index in [2.05, 4.69) is 15.3 Å². The molecule has 25 heavy (non-hydrogen) atoms. The van der Waals surface area contributed by atoms with Gasteiger partial charge in [-0.1, -0.05) is 6.07 Å². The third-order valence-corrected chi connectivity index (χ3v) is 3.64. The maximum Gasteiger partial charge on any atom is 0.139 e. The molecule has 0 amide bonds. The molecule has 130 valence electrons. The zero-order chi connectivity index (χ0) is 17.1. The number of hydrogen-bond acceptors (Lipinski definition) is 5. The minimum atomic E-state index is 0. The Bertz CT molecular complexity index is 867. The van der Waals surface area contributed by atoms with Crippen molar-refractivity contribution in [3.8, 4) is 22.8 Å². The number of hydrogen-bond donors (Lipinski definition) is 2. The fourth-order valence-corrected chi connectivity index (χ4v) is 2.43. The second kappa shape index (κ2) is 7.85. The second-order valence-corrected chi connectivity index (χ2v) is 5.56. The van der Waals surface area contributed by atoms with Crippen molar-refractivity contribution < 1.29 is 9.84 Å². The van der Waals surface area contributed by atoms with Crippen LogP contribution in [0.3, 0.4) is 0 Å². The van der Waals surface area contributed by atoms with Crippen molar-refractivity contribution in [3.63, 3.8) is 0 Å². The monoisotopic (exact) mass is 357 g/mol. The van der Waals surface area contributed by atoms with E-state index in [0.29, 0.717) is 17.3 Å². The second-order valence-electron chi connectivity index (χ2n) is 5.56. The van der Waals surface area contributed by atoms with Gasteiger partial charge in [-0.15, -0.1) is 12.4 Å². The van der Waals surface area contributed by atoms with E-state index in [1.165, 1.54) is 0 Å². The number of ether oxygens (including phenoxy) is 1. The van der Waals surface area contributed by atoms with Gasteiger partial charge in [0.05, 0.1) is 18.5 Å². The van der Waals surface area contributed by atoms with E-state index < -0.39 is 0 Å². The molecule has 6 heteroatoms. The molecule has 2 N–H and O–H groups in total. The van der Waals surface area contributed by atoms with Gasteiger partial charge in [-0.25, -0.2) is 9.97 Å². The van der Waals surface area contributed by atoms with Crippen LogP contribution in [0.15, 0.2) is 48.5 Å². The Hall–Kier alpha value is -2.79. The molecule has 0 saturated carbocycles. The van der Waals surface area contributed by atoms with Gasteiger partial charge in [0.2, 0.25) is 0 Å². The average molecular weight is 358 g/mol. The van der Waals surface area contributed by atoms with Gasteiger partial charge in [0.15, 0.2) is 0 Å². The first-order valence-corrected chi connectivity index (χ1v) is 7.62. The smallest absolute Gasteiger partial charge is 0.139 e. The summed E-state index contributed by atoms with van der Waals surface area (Å²) in [4.78, 5) is 8.89. The summed E-state index contributed by atoms with van der Waals surface area (Å²) in [6, 6.07) is 14.9. The highest BCUT2D eigenvalue weighted by atomic mass is 35.5. The van der Waals surface area contributed by atoms with Crippen LogP contribution in [0, 0.1) is 13.8 Å². The highest BCUT2D eigenvalue weighted by Crippen LogP contribution is 2.29. The lowest BCUT2D eigenvalue weighted by Crippen LogP contribution is -1.99. The molecule has 2 aromatic carbocycles. The predicted octanol–water partition coefficient (Wildman–Crippen LogP) is 4.64. The standard InChI is InChI=1S/C19H19N3O2.ClH/c1-12-4-9-18(23)17(10-12)22-19-11-16(20-13(2)21-19)14-5-7-15(24-3)8-6-14;/h4-11,23H,1-3H3,(H,20,21,22);1H. The van der Waals surface area contributed by atoms with Crippen molar-refractivity contribution in [3.05, 3.63) is 59.9 Å². The van der Waals surface area contributed by atoms with Gasteiger partial charge < -0.3 is 15.2 Å². The van der Waals surface area contributed by atoms with E-state index >= 15 is 0 Å². The zero-order valence-electron chi connectivity index (χ0n) is 14.3. The van der Waals surface area contributed by atoms with E-state index in [1.54, 1.807) is 13.2 Å². The Kier molecular flexibility index (Phi) is 5.83. The average Bonchev–Trinajstić information content (AvgIpc) is 2.58. The van der Waals surface area contributed by atoms with Crippen LogP contribution in [0.1, 0.15) is 11.4 Å². The minimum Gasteiger partial charge on any atom is -0.506 e. The number of methoxy groups -OCH3 is 1. The van der Waals surface area contributed by atoms with Gasteiger partial charge in [0.1, 0.15) is 23.1 Å². The molecule has 0 aliphatic carbocycles. The number of aryl methyl sites for hydroxylation is 2. The van der Waals surface area contributed by atoms with Crippen molar-refractivity contribution >= 4 is 23.9 Å². The number of aromatic hydroxyl groups is 1. The Morgan fingerprint density at radius 3 is 2.36 bits per heavy atom. The summed E-state index contributed by atoms with van der Waals surface area (Å²) in [6.45, 7) is 3.81. The molecule has 0 saturated heterocycles. The third kappa shape index (κ3) is 4.39. The van der Waals surface area contributed by atoms with Crippen LogP contribution < -0.4 is 10.1 Å². The molecule has 1 heterocycles. The molecule has 0 bridgehead atoms. The summed E-state index contributed by atoms with van der Waals surface area (Å²) >= 11 is 0. The van der Waals surface area contributed by atoms with Crippen LogP contribution in [-0.4, -0.2) is 22.2 Å². The normalized spacial score (nSPS) is 10.0. The van der Waals surface area contributed by atoms with Crippen molar-refractivity contribution in [2.45, 2.75) is 13.8 Å². The molecule has 1 aromatic heterocycles. The summed E-state index contributed by atoms with van der Waals surface area (Å²) in [5.74, 6) is 2.27. The molecule has 0 atom stereocenters. The lowest BCUT2D eigenvalue weighted by atomic mass is 10.1. The summed E-state index contributed by atoms with van der Waals surface area (Å²) in [7, 11) is 1.64. The molecule has 0 spiro atoms. The summed E-state index contributed by atoms with van der Waals surface area (Å²) < 4.78 is 5.18. The summed E-state index contributed by atoms with van der Waals surface area (Å²) in [6.07, 6.45) is 0. The van der Waals surface area contributed by atoms with Gasteiger partial charge in [-0.05, 0) is 55.8 Å². The Balaban J connectivity index is 0.00000225. The molecular formula is C19H20ClN3O2. The molecule has 0 aliphatic heterocycles. The highest BCUT2D eigenvalue weighted by molar-refractivity contribution is 5.85. The zero-order valence-corrected chi connectivity index (χ0v) is 15.1. The number of halogens is 1. The third-order valence-electron chi connectivity index (χ3n) is 3.64. The number of anilines is 2. The van der Waals surface area contributed by atoms with E-state index in [-0.39, 0.29) is 18.2 Å². The largest absolute Gasteiger partial charge is 0.506 e. The van der Waals surface area contributed by atoms with Crippen LogP contribution in [0.4, 0.5) is 11.5 Å². The lowest BCUT2D eigenvalue weighted by molar-refractivity contribution is 0.415. The van der Waals surface area contributed by atoms with Gasteiger partial charge in [-0.2, -0.15) is 0 Å². The van der Waals surface area contributed by atoms with Gasteiger partial charge >= 0.3 is 0 Å². The number of phenolic OH excluding ortho intramolecular Hbond substituents is 1. The highest BCUT2D eigenvalue weighted by Gasteiger charge is 2.08. The van der Waals surface area contributed by atoms with E-state index in [1.807, 2.05) is 56.3 Å². The molecule has 5 nitrogen and oxygen atoms in total. The lowest BCUT2D eigenvalue weighted by Gasteiger charge is -2.11. The van der Waals surface area contributed by atoms with Crippen LogP contribution in [-0.2, 0) is 0 Å². The number of benzene rings is 2. The maximum absolute atomic E-state index is 9.99. The first-order chi connectivity index (χ1) is 11.5. The first-order valence-electron chi connectivity index (χ1n) is 7.62. The Morgan fingerprint density at radius 2 is 1.68 bits per heavy atom. The van der Waals surface area contributed by atoms with Crippen molar-refractivity contribution in [1.29, 1.82) is 0 Å². The van der Waals surface area contributed by atoms with Gasteiger partial charge in [0, 0.05) is 11.6 Å². The Morgan fingerprint density at radius 1 is 0.960 bits per heavy atom. The molecule has 3 aromatic rings. The molecular weight excluding hydrogens is 338 g/mol. The predicted molar refractivity (Wildman–Crippen MR) is 102 cm³/mol. The Labute approximate surface area is 153 Å². The van der Waals surface area contributed by atoms with Gasteiger partial charge in [0.25, 0.3) is 0 Å². The van der Waals surface area contributed by atoms with E-state index in [4.69, 9.17) is 4.74 Å². The van der Waals surface area contributed by atoms with Crippen molar-refractivity contribution in [2.75, 3.05) is 12.4 Å². The molecule has 3 rings (SSSR count). The number of nitrogens with one attached hydrogen (secondary N) is 1. The number of nitrogens with zero attached hydrogens (tertiary/aromatic N) is 2. The van der Waals surface area contributed by atoms with Crippen LogP contribution in [0.25, 0.3) is 11.3 Å². The van der Waals surface area contributed by atoms with Crippen molar-refractivity contribution in [2.24, 2.45) is 0 Å². The maximum atomic E-state index is 9.99. The van der Waals surface area contributed by atoms with Gasteiger partial charge in [-0.3, -0.25) is 0 Å². The quantitative estimate of drug-likeness (QED) is 0.666. The number of rotatable bonds is 4. The van der Waals surface area contributed by atoms with Crippen LogP contribution in [0.5, 0.6) is 11.5 Å². The van der Waals surface area contributed by atoms with E-state index in [9.17, 15) is 5.11 Å². The summed E-state index contributed by atoms with van der Waals surface area (Å²) in [5.41, 5.74) is 3.45. The molecule has 0 unspecified atom stereocenters. The van der Waals surface area contributed by atoms with Crippen LogP contribution >= 0.6 is 12.4 Å². The summed E-state index contributed by atoms with van der Waals surface area (Å²) in [5, 5.41) is 13.2. The number of phenols is 1. The number of aromatic nitrogens is 2. The van der Waals surface area contributed by atoms with Crippen LogP contribution in [0.2, 0.25) is 0 Å². The molecule has 0 fully saturated rings. The fraction of sp³-hybridized carbons (Fsp3) is 0.158. The fourth-order valence-electron chi connectivity index (χ4n) is 2.43. The topological polar surface area (TPSA) is 67.3 Å². The molecule has 0 radical (unpaired) electrons. The molecule has 0 aliphatic rings. The van der Waals surface area contributed by atoms with E-state index in [0.717, 1.165) is 22.6 Å².